The Morgan fingerprint density at radius 2 is 1.05 bits per heavy atom. The highest BCUT2D eigenvalue weighted by atomic mass is 16.5. The van der Waals surface area contributed by atoms with Gasteiger partial charge in [0, 0.05) is 6.92 Å². The van der Waals surface area contributed by atoms with Crippen LogP contribution in [0.2, 0.25) is 0 Å². The molecule has 0 bridgehead atoms. The fourth-order valence-electron chi connectivity index (χ4n) is 5.44. The van der Waals surface area contributed by atoms with Crippen molar-refractivity contribution in [2.75, 3.05) is 0 Å². The van der Waals surface area contributed by atoms with E-state index in [0.29, 0.717) is 0 Å². The molecule has 0 heterocycles. The molecule has 0 fully saturated rings. The van der Waals surface area contributed by atoms with Crippen molar-refractivity contribution in [2.45, 2.75) is 117 Å². The Bertz CT molecular complexity index is 1080. The minimum absolute atomic E-state index is 0.241. The van der Waals surface area contributed by atoms with E-state index in [9.17, 15) is 4.79 Å². The highest BCUT2D eigenvalue weighted by Crippen LogP contribution is 2.33. The molecule has 0 aliphatic heterocycles. The molecule has 0 N–H and O–H groups in total. The largest absolute Gasteiger partial charge is 0.458 e. The lowest BCUT2D eigenvalue weighted by Gasteiger charge is -2.14. The highest BCUT2D eigenvalue weighted by molar-refractivity contribution is 5.83. The molecular weight excluding hydrogens is 476 g/mol. The monoisotopic (exact) mass is 526 g/mol. The smallest absolute Gasteiger partial charge is 0.303 e. The summed E-state index contributed by atoms with van der Waals surface area (Å²) in [5, 5.41) is 0. The number of esters is 1. The van der Waals surface area contributed by atoms with Crippen molar-refractivity contribution in [1.29, 1.82) is 0 Å². The summed E-state index contributed by atoms with van der Waals surface area (Å²) < 4.78 is 5.32. The predicted molar refractivity (Wildman–Crippen MR) is 167 cm³/mol. The second-order valence-electron chi connectivity index (χ2n) is 11.1. The molecule has 0 aliphatic rings. The lowest BCUT2D eigenvalue weighted by Crippen LogP contribution is -2.04. The quantitative estimate of drug-likeness (QED) is 0.122. The third kappa shape index (κ3) is 11.0. The lowest BCUT2D eigenvalue weighted by atomic mass is 9.93. The van der Waals surface area contributed by atoms with E-state index in [2.05, 4.69) is 79.7 Å². The Balaban J connectivity index is 1.41. The van der Waals surface area contributed by atoms with E-state index in [0.717, 1.165) is 5.56 Å². The molecule has 3 aromatic carbocycles. The molecule has 210 valence electrons. The Hall–Kier alpha value is -2.87. The predicted octanol–water partition coefficient (Wildman–Crippen LogP) is 11.3. The van der Waals surface area contributed by atoms with E-state index in [1.807, 2.05) is 6.92 Å². The van der Waals surface area contributed by atoms with Crippen LogP contribution in [0, 0.1) is 0 Å². The number of unbranched alkanes of at least 4 members (excludes halogenated alkanes) is 12. The van der Waals surface area contributed by atoms with Crippen molar-refractivity contribution in [2.24, 2.45) is 0 Å². The average Bonchev–Trinajstić information content (AvgIpc) is 2.95. The first kappa shape index (κ1) is 30.7. The number of hydrogen-bond acceptors (Lipinski definition) is 2. The molecule has 3 aromatic rings. The molecule has 39 heavy (non-hydrogen) atoms. The third-order valence-electron chi connectivity index (χ3n) is 7.79. The van der Waals surface area contributed by atoms with E-state index < -0.39 is 0 Å². The van der Waals surface area contributed by atoms with Gasteiger partial charge in [-0.25, -0.2) is 0 Å². The Morgan fingerprint density at radius 3 is 1.51 bits per heavy atom. The standard InChI is InChI=1S/C37H50O2/c1-4-5-6-7-8-9-10-11-12-13-14-15-16-19-32-22-24-34(25-23-32)36-20-17-18-21-37(36)35-28-26-33(27-29-35)30(2)39-31(3)38/h17-18,20-30H,4-16,19H2,1-3H3. The molecule has 2 nitrogen and oxygen atoms in total. The number of ether oxygens (including phenoxy) is 1. The minimum atomic E-state index is -0.255. The summed E-state index contributed by atoms with van der Waals surface area (Å²) in [6.45, 7) is 5.65. The summed E-state index contributed by atoms with van der Waals surface area (Å²) in [7, 11) is 0. The van der Waals surface area contributed by atoms with Gasteiger partial charge in [0.15, 0.2) is 0 Å². The number of carbonyl (C=O) groups excluding carboxylic acids is 1. The van der Waals surface area contributed by atoms with Crippen LogP contribution in [0.1, 0.15) is 121 Å². The number of benzene rings is 3. The van der Waals surface area contributed by atoms with Crippen LogP contribution in [0.25, 0.3) is 22.3 Å². The number of aryl methyl sites for hydroxylation is 1. The molecule has 0 aromatic heterocycles. The van der Waals surface area contributed by atoms with Gasteiger partial charge >= 0.3 is 5.97 Å². The first-order chi connectivity index (χ1) is 19.1. The van der Waals surface area contributed by atoms with E-state index in [1.165, 1.54) is 125 Å². The normalized spacial score (nSPS) is 11.9. The van der Waals surface area contributed by atoms with Crippen molar-refractivity contribution in [3.05, 3.63) is 83.9 Å². The molecule has 0 radical (unpaired) electrons. The van der Waals surface area contributed by atoms with Crippen LogP contribution in [0.15, 0.2) is 72.8 Å². The minimum Gasteiger partial charge on any atom is -0.458 e. The molecule has 0 spiro atoms. The Labute approximate surface area is 238 Å². The second kappa shape index (κ2) is 17.7. The summed E-state index contributed by atoms with van der Waals surface area (Å²) >= 11 is 0. The molecule has 0 amide bonds. The maximum absolute atomic E-state index is 11.3. The zero-order valence-electron chi connectivity index (χ0n) is 24.7. The van der Waals surface area contributed by atoms with E-state index in [-0.39, 0.29) is 12.1 Å². The summed E-state index contributed by atoms with van der Waals surface area (Å²) in [5.74, 6) is -0.255. The first-order valence-corrected chi connectivity index (χ1v) is 15.5. The summed E-state index contributed by atoms with van der Waals surface area (Å²) in [6, 6.07) is 26.1. The van der Waals surface area contributed by atoms with Gasteiger partial charge < -0.3 is 4.74 Å². The Kier molecular flexibility index (Phi) is 13.9. The van der Waals surface area contributed by atoms with Gasteiger partial charge in [-0.1, -0.05) is 157 Å². The van der Waals surface area contributed by atoms with Gasteiger partial charge in [-0.05, 0) is 53.1 Å². The number of hydrogen-bond donors (Lipinski definition) is 0. The van der Waals surface area contributed by atoms with Gasteiger partial charge in [-0.3, -0.25) is 4.79 Å². The third-order valence-corrected chi connectivity index (χ3v) is 7.79. The second-order valence-corrected chi connectivity index (χ2v) is 11.1. The zero-order chi connectivity index (χ0) is 27.7. The van der Waals surface area contributed by atoms with Gasteiger partial charge in [0.1, 0.15) is 6.10 Å². The molecule has 0 aliphatic carbocycles. The van der Waals surface area contributed by atoms with Crippen molar-refractivity contribution in [3.8, 4) is 22.3 Å². The van der Waals surface area contributed by atoms with E-state index >= 15 is 0 Å². The topological polar surface area (TPSA) is 26.3 Å². The maximum atomic E-state index is 11.3. The van der Waals surface area contributed by atoms with Gasteiger partial charge in [-0.15, -0.1) is 0 Å². The molecule has 1 atom stereocenters. The molecular formula is C37H50O2. The van der Waals surface area contributed by atoms with Crippen LogP contribution in [-0.2, 0) is 16.0 Å². The van der Waals surface area contributed by atoms with Crippen molar-refractivity contribution in [1.82, 2.24) is 0 Å². The maximum Gasteiger partial charge on any atom is 0.303 e. The molecule has 3 rings (SSSR count). The van der Waals surface area contributed by atoms with E-state index in [1.54, 1.807) is 0 Å². The van der Waals surface area contributed by atoms with Crippen molar-refractivity contribution < 1.29 is 9.53 Å². The summed E-state index contributed by atoms with van der Waals surface area (Å²) in [5.41, 5.74) is 7.31. The zero-order valence-corrected chi connectivity index (χ0v) is 24.7. The summed E-state index contributed by atoms with van der Waals surface area (Å²) in [6.07, 6.45) is 19.1. The molecule has 1 unspecified atom stereocenters. The van der Waals surface area contributed by atoms with Crippen LogP contribution in [-0.4, -0.2) is 5.97 Å². The van der Waals surface area contributed by atoms with Gasteiger partial charge in [0.25, 0.3) is 0 Å². The van der Waals surface area contributed by atoms with Gasteiger partial charge in [0.05, 0.1) is 0 Å². The molecule has 0 saturated carbocycles. The number of rotatable bonds is 18. The molecule has 0 saturated heterocycles. The van der Waals surface area contributed by atoms with Crippen LogP contribution in [0.4, 0.5) is 0 Å². The van der Waals surface area contributed by atoms with Crippen LogP contribution < -0.4 is 0 Å². The Morgan fingerprint density at radius 1 is 0.615 bits per heavy atom. The van der Waals surface area contributed by atoms with Gasteiger partial charge in [0.2, 0.25) is 0 Å². The SMILES string of the molecule is CCCCCCCCCCCCCCCc1ccc(-c2ccccc2-c2ccc(C(C)OC(C)=O)cc2)cc1. The van der Waals surface area contributed by atoms with Crippen molar-refractivity contribution in [3.63, 3.8) is 0 Å². The highest BCUT2D eigenvalue weighted by Gasteiger charge is 2.11. The fourth-order valence-corrected chi connectivity index (χ4v) is 5.44. The lowest BCUT2D eigenvalue weighted by molar-refractivity contribution is -0.145. The molecule has 2 heteroatoms. The van der Waals surface area contributed by atoms with Crippen LogP contribution >= 0.6 is 0 Å². The average molecular weight is 527 g/mol. The van der Waals surface area contributed by atoms with Gasteiger partial charge in [-0.2, -0.15) is 0 Å². The van der Waals surface area contributed by atoms with Crippen LogP contribution in [0.5, 0.6) is 0 Å². The summed E-state index contributed by atoms with van der Waals surface area (Å²) in [4.78, 5) is 11.3. The first-order valence-electron chi connectivity index (χ1n) is 15.5. The number of carbonyl (C=O) groups is 1. The van der Waals surface area contributed by atoms with Crippen LogP contribution in [0.3, 0.4) is 0 Å². The van der Waals surface area contributed by atoms with Crippen molar-refractivity contribution >= 4 is 5.97 Å². The van der Waals surface area contributed by atoms with E-state index in [4.69, 9.17) is 4.74 Å². The fraction of sp³-hybridized carbons (Fsp3) is 0.486.